The monoisotopic (exact) mass is 333 g/mol. The van der Waals surface area contributed by atoms with E-state index in [0.29, 0.717) is 19.5 Å². The summed E-state index contributed by atoms with van der Waals surface area (Å²) in [5, 5.41) is 2.91. The number of amides is 2. The minimum Gasteiger partial charge on any atom is -0.444 e. The van der Waals surface area contributed by atoms with Gasteiger partial charge < -0.3 is 10.1 Å². The molecule has 0 aromatic carbocycles. The Kier molecular flexibility index (Phi) is 5.80. The standard InChI is InChI=1S/C18H27N3O3/c1-13-8-9-14(11-19-13)12-20-16(22)15-7-5-6-10-21(15)17(23)24-18(2,3)4/h8-9,11,15H,5-7,10,12H2,1-4H3,(H,20,22)/t15-/m0/s1. The van der Waals surface area contributed by atoms with E-state index in [1.165, 1.54) is 0 Å². The van der Waals surface area contributed by atoms with Crippen LogP contribution in [0.3, 0.4) is 0 Å². The predicted molar refractivity (Wildman–Crippen MR) is 91.4 cm³/mol. The number of nitrogens with one attached hydrogen (secondary N) is 1. The number of aromatic nitrogens is 1. The summed E-state index contributed by atoms with van der Waals surface area (Å²) in [4.78, 5) is 30.7. The maximum absolute atomic E-state index is 12.5. The van der Waals surface area contributed by atoms with Gasteiger partial charge in [-0.15, -0.1) is 0 Å². The third kappa shape index (κ3) is 5.22. The summed E-state index contributed by atoms with van der Waals surface area (Å²) in [7, 11) is 0. The van der Waals surface area contributed by atoms with Gasteiger partial charge in [0.2, 0.25) is 5.91 Å². The second kappa shape index (κ2) is 7.64. The summed E-state index contributed by atoms with van der Waals surface area (Å²) in [6, 6.07) is 3.39. The Morgan fingerprint density at radius 1 is 1.33 bits per heavy atom. The Morgan fingerprint density at radius 2 is 2.08 bits per heavy atom. The van der Waals surface area contributed by atoms with E-state index < -0.39 is 17.7 Å². The molecule has 24 heavy (non-hydrogen) atoms. The maximum atomic E-state index is 12.5. The van der Waals surface area contributed by atoms with Crippen LogP contribution in [0, 0.1) is 6.92 Å². The summed E-state index contributed by atoms with van der Waals surface area (Å²) < 4.78 is 5.43. The van der Waals surface area contributed by atoms with Crippen molar-refractivity contribution in [2.24, 2.45) is 0 Å². The summed E-state index contributed by atoms with van der Waals surface area (Å²) in [6.45, 7) is 8.36. The molecule has 6 nitrogen and oxygen atoms in total. The van der Waals surface area contributed by atoms with Gasteiger partial charge in [-0.2, -0.15) is 0 Å². The first kappa shape index (κ1) is 18.2. The second-order valence-corrected chi connectivity index (χ2v) is 7.21. The van der Waals surface area contributed by atoms with Gasteiger partial charge in [-0.1, -0.05) is 6.07 Å². The molecule has 1 aliphatic heterocycles. The number of nitrogens with zero attached hydrogens (tertiary/aromatic N) is 2. The van der Waals surface area contributed by atoms with Crippen molar-refractivity contribution in [3.05, 3.63) is 29.6 Å². The Bertz CT molecular complexity index is 578. The average molecular weight is 333 g/mol. The van der Waals surface area contributed by atoms with Crippen LogP contribution in [0.5, 0.6) is 0 Å². The van der Waals surface area contributed by atoms with E-state index in [2.05, 4.69) is 10.3 Å². The largest absolute Gasteiger partial charge is 0.444 e. The lowest BCUT2D eigenvalue weighted by Gasteiger charge is -2.35. The van der Waals surface area contributed by atoms with Gasteiger partial charge in [0, 0.05) is 25.0 Å². The molecule has 2 heterocycles. The number of pyridine rings is 1. The van der Waals surface area contributed by atoms with Crippen molar-refractivity contribution < 1.29 is 14.3 Å². The zero-order valence-electron chi connectivity index (χ0n) is 15.0. The van der Waals surface area contributed by atoms with Crippen LogP contribution in [0.1, 0.15) is 51.3 Å². The lowest BCUT2D eigenvalue weighted by atomic mass is 10.0. The molecule has 0 unspecified atom stereocenters. The molecular formula is C18H27N3O3. The van der Waals surface area contributed by atoms with Crippen LogP contribution in [0.15, 0.2) is 18.3 Å². The number of piperidine rings is 1. The van der Waals surface area contributed by atoms with Crippen molar-refractivity contribution >= 4 is 12.0 Å². The lowest BCUT2D eigenvalue weighted by Crippen LogP contribution is -2.52. The molecule has 1 atom stereocenters. The van der Waals surface area contributed by atoms with Crippen molar-refractivity contribution in [3.63, 3.8) is 0 Å². The van der Waals surface area contributed by atoms with Crippen molar-refractivity contribution in [2.45, 2.75) is 65.1 Å². The lowest BCUT2D eigenvalue weighted by molar-refractivity contribution is -0.127. The highest BCUT2D eigenvalue weighted by atomic mass is 16.6. The van der Waals surface area contributed by atoms with Crippen LogP contribution >= 0.6 is 0 Å². The van der Waals surface area contributed by atoms with E-state index in [9.17, 15) is 9.59 Å². The minimum absolute atomic E-state index is 0.138. The van der Waals surface area contributed by atoms with E-state index in [-0.39, 0.29) is 5.91 Å². The van der Waals surface area contributed by atoms with Gasteiger partial charge in [-0.25, -0.2) is 4.79 Å². The molecule has 1 aromatic heterocycles. The summed E-state index contributed by atoms with van der Waals surface area (Å²) >= 11 is 0. The van der Waals surface area contributed by atoms with Crippen LogP contribution in [-0.2, 0) is 16.1 Å². The fourth-order valence-electron chi connectivity index (χ4n) is 2.65. The topological polar surface area (TPSA) is 71.5 Å². The molecule has 0 spiro atoms. The molecular weight excluding hydrogens is 306 g/mol. The molecule has 0 radical (unpaired) electrons. The molecule has 2 rings (SSSR count). The molecule has 1 aliphatic rings. The minimum atomic E-state index is -0.566. The summed E-state index contributed by atoms with van der Waals surface area (Å²) in [5.41, 5.74) is 1.31. The fourth-order valence-corrected chi connectivity index (χ4v) is 2.65. The highest BCUT2D eigenvalue weighted by Crippen LogP contribution is 2.20. The van der Waals surface area contributed by atoms with E-state index in [1.54, 1.807) is 11.1 Å². The number of carbonyl (C=O) groups is 2. The molecule has 1 N–H and O–H groups in total. The number of rotatable bonds is 3. The number of ether oxygens (including phenoxy) is 1. The molecule has 1 saturated heterocycles. The molecule has 6 heteroatoms. The van der Waals surface area contributed by atoms with E-state index in [0.717, 1.165) is 24.1 Å². The van der Waals surface area contributed by atoms with Crippen LogP contribution in [-0.4, -0.2) is 40.1 Å². The Labute approximate surface area is 143 Å². The van der Waals surface area contributed by atoms with Gasteiger partial charge in [-0.3, -0.25) is 14.7 Å². The third-order valence-electron chi connectivity index (χ3n) is 3.87. The SMILES string of the molecule is Cc1ccc(CNC(=O)[C@@H]2CCCCN2C(=O)OC(C)(C)C)cn1. The maximum Gasteiger partial charge on any atom is 0.410 e. The average Bonchev–Trinajstić information content (AvgIpc) is 2.52. The van der Waals surface area contributed by atoms with Crippen molar-refractivity contribution in [1.29, 1.82) is 0 Å². The smallest absolute Gasteiger partial charge is 0.410 e. The zero-order valence-corrected chi connectivity index (χ0v) is 15.0. The predicted octanol–water partition coefficient (Wildman–Crippen LogP) is 2.80. The highest BCUT2D eigenvalue weighted by molar-refractivity contribution is 5.85. The number of likely N-dealkylation sites (tertiary alicyclic amines) is 1. The van der Waals surface area contributed by atoms with Gasteiger partial charge in [0.05, 0.1) is 0 Å². The summed E-state index contributed by atoms with van der Waals surface area (Å²) in [5.74, 6) is -0.138. The summed E-state index contributed by atoms with van der Waals surface area (Å²) in [6.07, 6.45) is 3.83. The Balaban J connectivity index is 1.97. The van der Waals surface area contributed by atoms with Crippen molar-refractivity contribution in [2.75, 3.05) is 6.54 Å². The first-order chi connectivity index (χ1) is 11.3. The van der Waals surface area contributed by atoms with Gasteiger partial charge in [0.25, 0.3) is 0 Å². The molecule has 0 saturated carbocycles. The van der Waals surface area contributed by atoms with Gasteiger partial charge in [-0.05, 0) is 58.6 Å². The quantitative estimate of drug-likeness (QED) is 0.923. The van der Waals surface area contributed by atoms with Gasteiger partial charge >= 0.3 is 6.09 Å². The van der Waals surface area contributed by atoms with E-state index in [1.807, 2.05) is 39.8 Å². The first-order valence-electron chi connectivity index (χ1n) is 8.45. The number of aryl methyl sites for hydroxylation is 1. The number of carbonyl (C=O) groups excluding carboxylic acids is 2. The van der Waals surface area contributed by atoms with Crippen LogP contribution in [0.2, 0.25) is 0 Å². The van der Waals surface area contributed by atoms with Crippen molar-refractivity contribution in [3.8, 4) is 0 Å². The van der Waals surface area contributed by atoms with Crippen LogP contribution in [0.4, 0.5) is 4.79 Å². The molecule has 1 aromatic rings. The first-order valence-corrected chi connectivity index (χ1v) is 8.45. The number of hydrogen-bond acceptors (Lipinski definition) is 4. The Morgan fingerprint density at radius 3 is 2.71 bits per heavy atom. The fraction of sp³-hybridized carbons (Fsp3) is 0.611. The number of hydrogen-bond donors (Lipinski definition) is 1. The molecule has 0 aliphatic carbocycles. The van der Waals surface area contributed by atoms with Gasteiger partial charge in [0.1, 0.15) is 11.6 Å². The molecule has 0 bridgehead atoms. The molecule has 132 valence electrons. The van der Waals surface area contributed by atoms with E-state index >= 15 is 0 Å². The van der Waals surface area contributed by atoms with Crippen molar-refractivity contribution in [1.82, 2.24) is 15.2 Å². The van der Waals surface area contributed by atoms with E-state index in [4.69, 9.17) is 4.74 Å². The second-order valence-electron chi connectivity index (χ2n) is 7.21. The van der Waals surface area contributed by atoms with Gasteiger partial charge in [0.15, 0.2) is 0 Å². The zero-order chi connectivity index (χ0) is 17.7. The molecule has 1 fully saturated rings. The van der Waals surface area contributed by atoms with Crippen LogP contribution < -0.4 is 5.32 Å². The normalized spacial score (nSPS) is 18.2. The Hall–Kier alpha value is -2.11. The third-order valence-corrected chi connectivity index (χ3v) is 3.87. The molecule has 2 amide bonds. The van der Waals surface area contributed by atoms with Crippen LogP contribution in [0.25, 0.3) is 0 Å². The highest BCUT2D eigenvalue weighted by Gasteiger charge is 2.34.